The molecule has 1 saturated heterocycles. The smallest absolute Gasteiger partial charge is 0.343 e. The van der Waals surface area contributed by atoms with E-state index in [1.165, 1.54) is 4.90 Å². The number of aryl methyl sites for hydroxylation is 2. The number of rotatable bonds is 3. The van der Waals surface area contributed by atoms with Gasteiger partial charge in [0.1, 0.15) is 5.75 Å². The average molecular weight is 500 g/mol. The lowest BCUT2D eigenvalue weighted by Crippen LogP contribution is -2.41. The topological polar surface area (TPSA) is 63.7 Å². The number of amides is 2. The van der Waals surface area contributed by atoms with Crippen LogP contribution in [0.15, 0.2) is 91.0 Å². The number of carbonyl (C=O) groups excluding carboxylic acids is 3. The average Bonchev–Trinajstić information content (AvgIpc) is 3.18. The minimum absolute atomic E-state index is 0.170. The fourth-order valence-corrected chi connectivity index (χ4v) is 6.86. The quantitative estimate of drug-likeness (QED) is 0.199. The fourth-order valence-electron chi connectivity index (χ4n) is 6.86. The van der Waals surface area contributed by atoms with Gasteiger partial charge in [0.05, 0.1) is 23.1 Å². The summed E-state index contributed by atoms with van der Waals surface area (Å²) in [6.45, 7) is 3.89. The molecule has 0 unspecified atom stereocenters. The van der Waals surface area contributed by atoms with Gasteiger partial charge in [-0.2, -0.15) is 0 Å². The van der Waals surface area contributed by atoms with Crippen molar-refractivity contribution in [1.82, 2.24) is 0 Å². The van der Waals surface area contributed by atoms with Crippen molar-refractivity contribution in [1.29, 1.82) is 0 Å². The van der Waals surface area contributed by atoms with Gasteiger partial charge in [-0.05, 0) is 77.6 Å². The molecule has 1 aliphatic heterocycles. The highest BCUT2D eigenvalue weighted by molar-refractivity contribution is 6.23. The van der Waals surface area contributed by atoms with Crippen molar-refractivity contribution in [2.75, 3.05) is 4.90 Å². The molecule has 3 aliphatic carbocycles. The number of imide groups is 1. The Labute approximate surface area is 220 Å². The van der Waals surface area contributed by atoms with E-state index >= 15 is 0 Å². The molecule has 186 valence electrons. The van der Waals surface area contributed by atoms with E-state index in [0.29, 0.717) is 11.4 Å². The number of hydrogen-bond acceptors (Lipinski definition) is 4. The summed E-state index contributed by atoms with van der Waals surface area (Å²) in [7, 11) is 0. The summed E-state index contributed by atoms with van der Waals surface area (Å²) < 4.78 is 5.63. The molecule has 5 nitrogen and oxygen atoms in total. The standard InChI is InChI=1S/C33H25NO4/c1-18-14-19(2)16-22(15-18)38-33(37)20-8-7-9-21(17-20)34-31(35)29-27-23-10-3-4-11-24(23)28(30(29)32(34)36)26-13-6-5-12-25(26)27/h3-17,27-30H,1-2H3/t27?,28?,29-,30-/m1/s1. The van der Waals surface area contributed by atoms with E-state index in [1.807, 2.05) is 44.2 Å². The number of hydrogen-bond donors (Lipinski definition) is 0. The van der Waals surface area contributed by atoms with Crippen LogP contribution in [0.3, 0.4) is 0 Å². The summed E-state index contributed by atoms with van der Waals surface area (Å²) in [5.41, 5.74) is 7.20. The molecule has 0 N–H and O–H groups in total. The van der Waals surface area contributed by atoms with Crippen LogP contribution in [-0.4, -0.2) is 17.8 Å². The molecule has 0 radical (unpaired) electrons. The number of nitrogens with zero attached hydrogens (tertiary/aromatic N) is 1. The summed E-state index contributed by atoms with van der Waals surface area (Å²) >= 11 is 0. The molecule has 4 aromatic rings. The Morgan fingerprint density at radius 2 is 1.16 bits per heavy atom. The molecule has 0 saturated carbocycles. The van der Waals surface area contributed by atoms with Gasteiger partial charge in [0.2, 0.25) is 11.8 Å². The highest BCUT2D eigenvalue weighted by atomic mass is 16.5. The van der Waals surface area contributed by atoms with E-state index in [2.05, 4.69) is 24.3 Å². The Morgan fingerprint density at radius 1 is 0.658 bits per heavy atom. The van der Waals surface area contributed by atoms with Crippen molar-refractivity contribution in [2.45, 2.75) is 25.7 Å². The highest BCUT2D eigenvalue weighted by Gasteiger charge is 2.61. The van der Waals surface area contributed by atoms with Gasteiger partial charge in [0.15, 0.2) is 0 Å². The molecular weight excluding hydrogens is 474 g/mol. The molecule has 38 heavy (non-hydrogen) atoms. The first-order valence-electron chi connectivity index (χ1n) is 12.9. The Balaban J connectivity index is 1.26. The molecule has 5 heteroatoms. The number of carbonyl (C=O) groups is 3. The highest BCUT2D eigenvalue weighted by Crippen LogP contribution is 2.61. The monoisotopic (exact) mass is 499 g/mol. The Bertz CT molecular complexity index is 1540. The van der Waals surface area contributed by atoms with Gasteiger partial charge < -0.3 is 4.74 Å². The number of ether oxygens (including phenoxy) is 1. The first kappa shape index (κ1) is 22.7. The second-order valence-electron chi connectivity index (χ2n) is 10.5. The zero-order valence-corrected chi connectivity index (χ0v) is 21.0. The summed E-state index contributed by atoms with van der Waals surface area (Å²) in [5.74, 6) is -1.77. The van der Waals surface area contributed by atoms with Gasteiger partial charge >= 0.3 is 5.97 Å². The zero-order valence-electron chi connectivity index (χ0n) is 21.0. The maximum Gasteiger partial charge on any atom is 0.343 e. The second-order valence-corrected chi connectivity index (χ2v) is 10.5. The Kier molecular flexibility index (Phi) is 4.92. The molecule has 4 aromatic carbocycles. The van der Waals surface area contributed by atoms with Crippen molar-refractivity contribution in [2.24, 2.45) is 11.8 Å². The summed E-state index contributed by atoms with van der Waals surface area (Å²) in [4.78, 5) is 42.3. The van der Waals surface area contributed by atoms with Gasteiger partial charge in [0, 0.05) is 11.8 Å². The van der Waals surface area contributed by atoms with Crippen molar-refractivity contribution < 1.29 is 19.1 Å². The second kappa shape index (κ2) is 8.25. The Morgan fingerprint density at radius 3 is 1.66 bits per heavy atom. The summed E-state index contributed by atoms with van der Waals surface area (Å²) in [5, 5.41) is 0. The van der Waals surface area contributed by atoms with E-state index in [4.69, 9.17) is 4.74 Å². The predicted octanol–water partition coefficient (Wildman–Crippen LogP) is 5.92. The third kappa shape index (κ3) is 3.21. The van der Waals surface area contributed by atoms with Crippen molar-refractivity contribution >= 4 is 23.5 Å². The van der Waals surface area contributed by atoms with E-state index in [0.717, 1.165) is 33.4 Å². The minimum atomic E-state index is -0.534. The lowest BCUT2D eigenvalue weighted by atomic mass is 9.55. The normalized spacial score (nSPS) is 22.6. The first-order chi connectivity index (χ1) is 18.4. The van der Waals surface area contributed by atoms with E-state index in [9.17, 15) is 14.4 Å². The van der Waals surface area contributed by atoms with Crippen molar-refractivity contribution in [3.05, 3.63) is 130 Å². The number of anilines is 1. The Hall–Kier alpha value is -4.51. The van der Waals surface area contributed by atoms with Crippen molar-refractivity contribution in [3.63, 3.8) is 0 Å². The van der Waals surface area contributed by atoms with Gasteiger partial charge in [-0.3, -0.25) is 9.59 Å². The third-order valence-electron chi connectivity index (χ3n) is 8.19. The lowest BCUT2D eigenvalue weighted by molar-refractivity contribution is -0.122. The lowest BCUT2D eigenvalue weighted by Gasteiger charge is -2.45. The molecule has 8 rings (SSSR count). The fraction of sp³-hybridized carbons (Fsp3) is 0.182. The van der Waals surface area contributed by atoms with Gasteiger partial charge in [-0.1, -0.05) is 60.7 Å². The van der Waals surface area contributed by atoms with Crippen molar-refractivity contribution in [3.8, 4) is 5.75 Å². The molecule has 4 aliphatic rings. The van der Waals surface area contributed by atoms with Crippen LogP contribution < -0.4 is 9.64 Å². The first-order valence-corrected chi connectivity index (χ1v) is 12.9. The van der Waals surface area contributed by atoms with Crippen LogP contribution in [0, 0.1) is 25.7 Å². The zero-order chi connectivity index (χ0) is 26.1. The van der Waals surface area contributed by atoms with Crippen LogP contribution in [0.1, 0.15) is 55.6 Å². The van der Waals surface area contributed by atoms with Crippen LogP contribution in [0.4, 0.5) is 5.69 Å². The number of esters is 1. The molecule has 2 bridgehead atoms. The largest absolute Gasteiger partial charge is 0.423 e. The van der Waals surface area contributed by atoms with E-state index in [-0.39, 0.29) is 29.2 Å². The van der Waals surface area contributed by atoms with E-state index < -0.39 is 17.8 Å². The third-order valence-corrected chi connectivity index (χ3v) is 8.19. The summed E-state index contributed by atoms with van der Waals surface area (Å²) in [6, 6.07) is 28.6. The van der Waals surface area contributed by atoms with Crippen LogP contribution in [0.25, 0.3) is 0 Å². The maximum absolute atomic E-state index is 14.0. The molecule has 0 aromatic heterocycles. The van der Waals surface area contributed by atoms with Gasteiger partial charge in [-0.25, -0.2) is 9.69 Å². The minimum Gasteiger partial charge on any atom is -0.423 e. The van der Waals surface area contributed by atoms with Gasteiger partial charge in [-0.15, -0.1) is 0 Å². The van der Waals surface area contributed by atoms with Crippen LogP contribution in [0.2, 0.25) is 0 Å². The van der Waals surface area contributed by atoms with E-state index in [1.54, 1.807) is 36.4 Å². The molecule has 2 atom stereocenters. The van der Waals surface area contributed by atoms with Crippen LogP contribution in [-0.2, 0) is 9.59 Å². The molecule has 2 amide bonds. The van der Waals surface area contributed by atoms with Gasteiger partial charge in [0.25, 0.3) is 0 Å². The SMILES string of the molecule is Cc1cc(C)cc(OC(=O)c2cccc(N3C(=O)[C@@H]4C5c6ccccc6C(c6ccccc65)[C@H]4C3=O)c2)c1. The molecule has 1 fully saturated rings. The van der Waals surface area contributed by atoms with Crippen LogP contribution >= 0.6 is 0 Å². The summed E-state index contributed by atoms with van der Waals surface area (Å²) in [6.07, 6.45) is 0. The predicted molar refractivity (Wildman–Crippen MR) is 143 cm³/mol. The molecule has 0 spiro atoms. The molecule has 1 heterocycles. The number of benzene rings is 4. The van der Waals surface area contributed by atoms with Crippen LogP contribution in [0.5, 0.6) is 5.75 Å². The maximum atomic E-state index is 14.0. The molecular formula is C33H25NO4.